The van der Waals surface area contributed by atoms with E-state index in [0.29, 0.717) is 30.7 Å². The van der Waals surface area contributed by atoms with Gasteiger partial charge in [0.2, 0.25) is 0 Å². The Bertz CT molecular complexity index is 924. The van der Waals surface area contributed by atoms with E-state index in [1.165, 1.54) is 36.4 Å². The second-order valence-electron chi connectivity index (χ2n) is 6.13. The number of hydrogen-bond donors (Lipinski definition) is 1. The molecule has 0 fully saturated rings. The van der Waals surface area contributed by atoms with Gasteiger partial charge in [-0.2, -0.15) is 18.4 Å². The molecule has 0 aliphatic carbocycles. The average Bonchev–Trinajstić information content (AvgIpc) is 2.66. The van der Waals surface area contributed by atoms with E-state index in [1.807, 2.05) is 6.92 Å². The van der Waals surface area contributed by atoms with Crippen molar-refractivity contribution in [3.63, 3.8) is 0 Å². The number of ether oxygens (including phenoxy) is 1. The number of nitrogens with one attached hydrogen (secondary N) is 1. The number of aryl methyl sites for hydroxylation is 1. The van der Waals surface area contributed by atoms with Crippen LogP contribution < -0.4 is 4.83 Å². The van der Waals surface area contributed by atoms with Crippen LogP contribution in [-0.2, 0) is 19.6 Å². The van der Waals surface area contributed by atoms with Crippen molar-refractivity contribution in [1.29, 1.82) is 0 Å². The zero-order valence-electron chi connectivity index (χ0n) is 15.8. The average molecular weight is 406 g/mol. The van der Waals surface area contributed by atoms with Gasteiger partial charge in [-0.3, -0.25) is 4.79 Å². The van der Waals surface area contributed by atoms with Crippen molar-refractivity contribution in [2.24, 2.45) is 5.10 Å². The third-order valence-electron chi connectivity index (χ3n) is 3.91. The summed E-state index contributed by atoms with van der Waals surface area (Å²) < 4.78 is 43.0. The van der Waals surface area contributed by atoms with Crippen LogP contribution in [0.4, 0.5) is 4.39 Å². The minimum Gasteiger partial charge on any atom is -0.466 e. The van der Waals surface area contributed by atoms with Gasteiger partial charge < -0.3 is 4.74 Å². The molecule has 0 unspecified atom stereocenters. The molecule has 6 nitrogen and oxygen atoms in total. The lowest BCUT2D eigenvalue weighted by Crippen LogP contribution is -2.21. The summed E-state index contributed by atoms with van der Waals surface area (Å²) >= 11 is 0. The molecule has 0 saturated carbocycles. The van der Waals surface area contributed by atoms with Gasteiger partial charge in [0.15, 0.2) is 0 Å². The number of benzene rings is 2. The Balaban J connectivity index is 2.18. The third kappa shape index (κ3) is 6.45. The highest BCUT2D eigenvalue weighted by molar-refractivity contribution is 7.89. The first kappa shape index (κ1) is 21.6. The normalized spacial score (nSPS) is 11.9. The number of halogens is 1. The standard InChI is InChI=1S/C20H23FN2O4S/c1-3-27-20(24)6-4-5-19(16-9-11-17(21)12-10-16)22-23-28(25,26)18-13-7-15(2)8-14-18/h7-14,23H,3-6H2,1-2H3. The summed E-state index contributed by atoms with van der Waals surface area (Å²) in [4.78, 5) is 13.8. The number of nitrogens with zero attached hydrogens (tertiary/aromatic N) is 1. The zero-order chi connectivity index (χ0) is 20.6. The Morgan fingerprint density at radius 2 is 1.71 bits per heavy atom. The minimum atomic E-state index is -3.84. The Hall–Kier alpha value is -2.74. The monoisotopic (exact) mass is 406 g/mol. The van der Waals surface area contributed by atoms with Crippen LogP contribution in [0.2, 0.25) is 0 Å². The molecule has 1 N–H and O–H groups in total. The molecule has 0 amide bonds. The van der Waals surface area contributed by atoms with Crippen molar-refractivity contribution >= 4 is 21.7 Å². The first-order chi connectivity index (χ1) is 13.3. The second-order valence-corrected chi connectivity index (χ2v) is 7.79. The van der Waals surface area contributed by atoms with Crippen molar-refractivity contribution < 1.29 is 22.3 Å². The van der Waals surface area contributed by atoms with Crippen molar-refractivity contribution in [3.05, 3.63) is 65.5 Å². The van der Waals surface area contributed by atoms with E-state index in [4.69, 9.17) is 4.74 Å². The highest BCUT2D eigenvalue weighted by Crippen LogP contribution is 2.13. The van der Waals surface area contributed by atoms with Gasteiger partial charge in [0.1, 0.15) is 5.82 Å². The topological polar surface area (TPSA) is 84.8 Å². The Labute approximate surface area is 164 Å². The third-order valence-corrected chi connectivity index (χ3v) is 5.13. The smallest absolute Gasteiger partial charge is 0.305 e. The molecule has 0 aliphatic rings. The second kappa shape index (κ2) is 9.98. The Morgan fingerprint density at radius 3 is 2.32 bits per heavy atom. The first-order valence-corrected chi connectivity index (χ1v) is 10.4. The lowest BCUT2D eigenvalue weighted by molar-refractivity contribution is -0.143. The summed E-state index contributed by atoms with van der Waals surface area (Å²) in [5.41, 5.74) is 1.91. The van der Waals surface area contributed by atoms with E-state index in [0.717, 1.165) is 5.56 Å². The lowest BCUT2D eigenvalue weighted by Gasteiger charge is -2.09. The van der Waals surface area contributed by atoms with E-state index in [2.05, 4.69) is 9.93 Å². The van der Waals surface area contributed by atoms with Gasteiger partial charge in [-0.15, -0.1) is 0 Å². The number of sulfonamides is 1. The summed E-state index contributed by atoms with van der Waals surface area (Å²) in [6.45, 7) is 3.88. The molecule has 0 aliphatic heterocycles. The molecule has 0 atom stereocenters. The number of rotatable bonds is 9. The van der Waals surface area contributed by atoms with E-state index in [1.54, 1.807) is 19.1 Å². The maximum absolute atomic E-state index is 13.2. The van der Waals surface area contributed by atoms with Crippen LogP contribution in [0.1, 0.15) is 37.3 Å². The van der Waals surface area contributed by atoms with Crippen molar-refractivity contribution in [2.75, 3.05) is 6.61 Å². The fourth-order valence-electron chi connectivity index (χ4n) is 2.43. The fourth-order valence-corrected chi connectivity index (χ4v) is 3.26. The van der Waals surface area contributed by atoms with Crippen LogP contribution in [0.25, 0.3) is 0 Å². The van der Waals surface area contributed by atoms with Crippen molar-refractivity contribution in [1.82, 2.24) is 4.83 Å². The van der Waals surface area contributed by atoms with Crippen LogP contribution in [0.3, 0.4) is 0 Å². The van der Waals surface area contributed by atoms with Gasteiger partial charge in [-0.1, -0.05) is 29.8 Å². The summed E-state index contributed by atoms with van der Waals surface area (Å²) in [5, 5.41) is 4.04. The molecular formula is C20H23FN2O4S. The largest absolute Gasteiger partial charge is 0.466 e. The van der Waals surface area contributed by atoms with Gasteiger partial charge in [-0.25, -0.2) is 4.39 Å². The molecule has 0 spiro atoms. The number of esters is 1. The fraction of sp³-hybridized carbons (Fsp3) is 0.300. The lowest BCUT2D eigenvalue weighted by atomic mass is 10.0. The molecule has 2 rings (SSSR count). The molecule has 0 heterocycles. The summed E-state index contributed by atoms with van der Waals surface area (Å²) in [5.74, 6) is -0.740. The van der Waals surface area contributed by atoms with Crippen molar-refractivity contribution in [3.8, 4) is 0 Å². The SMILES string of the molecule is CCOC(=O)CCCC(=NNS(=O)(=O)c1ccc(C)cc1)c1ccc(F)cc1. The molecule has 2 aromatic rings. The van der Waals surface area contributed by atoms with E-state index < -0.39 is 15.8 Å². The summed E-state index contributed by atoms with van der Waals surface area (Å²) in [6, 6.07) is 11.9. The van der Waals surface area contributed by atoms with Crippen LogP contribution in [-0.4, -0.2) is 26.7 Å². The molecule has 8 heteroatoms. The van der Waals surface area contributed by atoms with Crippen LogP contribution in [0.5, 0.6) is 0 Å². The number of hydrazone groups is 1. The quantitative estimate of drug-likeness (QED) is 0.392. The predicted molar refractivity (Wildman–Crippen MR) is 105 cm³/mol. The van der Waals surface area contributed by atoms with Gasteiger partial charge in [0.05, 0.1) is 17.2 Å². The van der Waals surface area contributed by atoms with E-state index in [-0.39, 0.29) is 17.3 Å². The Kier molecular flexibility index (Phi) is 7.69. The maximum atomic E-state index is 13.2. The van der Waals surface area contributed by atoms with Gasteiger partial charge in [-0.05, 0) is 56.5 Å². The van der Waals surface area contributed by atoms with E-state index in [9.17, 15) is 17.6 Å². The number of carbonyl (C=O) groups excluding carboxylic acids is 1. The summed E-state index contributed by atoms with van der Waals surface area (Å²) in [7, 11) is -3.84. The molecule has 0 bridgehead atoms. The first-order valence-electron chi connectivity index (χ1n) is 8.88. The highest BCUT2D eigenvalue weighted by Gasteiger charge is 2.14. The zero-order valence-corrected chi connectivity index (χ0v) is 16.6. The van der Waals surface area contributed by atoms with Crippen molar-refractivity contribution in [2.45, 2.75) is 38.0 Å². The van der Waals surface area contributed by atoms with Gasteiger partial charge in [0, 0.05) is 6.42 Å². The number of carbonyl (C=O) groups is 1. The van der Waals surface area contributed by atoms with Crippen LogP contribution in [0, 0.1) is 12.7 Å². The maximum Gasteiger partial charge on any atom is 0.305 e. The molecule has 150 valence electrons. The molecule has 0 aromatic heterocycles. The Morgan fingerprint density at radius 1 is 1.07 bits per heavy atom. The van der Waals surface area contributed by atoms with E-state index >= 15 is 0 Å². The predicted octanol–water partition coefficient (Wildman–Crippen LogP) is 3.55. The van der Waals surface area contributed by atoms with Gasteiger partial charge in [0.25, 0.3) is 10.0 Å². The molecule has 28 heavy (non-hydrogen) atoms. The molecule has 0 radical (unpaired) electrons. The van der Waals surface area contributed by atoms with Gasteiger partial charge >= 0.3 is 5.97 Å². The summed E-state index contributed by atoms with van der Waals surface area (Å²) in [6.07, 6.45) is 0.918. The van der Waals surface area contributed by atoms with Crippen LogP contribution in [0.15, 0.2) is 58.5 Å². The highest BCUT2D eigenvalue weighted by atomic mass is 32.2. The number of hydrogen-bond acceptors (Lipinski definition) is 5. The minimum absolute atomic E-state index is 0.0897. The molecule has 2 aromatic carbocycles. The molecular weight excluding hydrogens is 383 g/mol. The molecule has 0 saturated heterocycles. The van der Waals surface area contributed by atoms with Crippen LogP contribution >= 0.6 is 0 Å².